The molecule has 0 aliphatic rings. The highest BCUT2D eigenvalue weighted by atomic mass is 35.5. The Hall–Kier alpha value is -1.80. The van der Waals surface area contributed by atoms with Crippen molar-refractivity contribution in [2.45, 2.75) is 18.0 Å². The maximum atomic E-state index is 12.5. The Morgan fingerprint density at radius 1 is 1.18 bits per heavy atom. The second kappa shape index (κ2) is 5.77. The molecule has 1 aromatic heterocycles. The highest BCUT2D eigenvalue weighted by Gasteiger charge is 2.32. The first-order valence-corrected chi connectivity index (χ1v) is 7.62. The van der Waals surface area contributed by atoms with Crippen molar-refractivity contribution < 1.29 is 25.8 Å². The summed E-state index contributed by atoms with van der Waals surface area (Å²) in [6, 6.07) is 6.27. The Labute approximate surface area is 129 Å². The Balaban J connectivity index is 2.32. The van der Waals surface area contributed by atoms with Crippen molar-refractivity contribution in [3.63, 3.8) is 0 Å². The SMILES string of the molecule is Cc1ccc(S(=O)(=O)Oc2ncc(C(F)(F)F)cc2Cl)cc1. The minimum absolute atomic E-state index is 0.157. The van der Waals surface area contributed by atoms with Crippen molar-refractivity contribution in [3.8, 4) is 5.88 Å². The van der Waals surface area contributed by atoms with E-state index in [0.717, 1.165) is 5.56 Å². The number of hydrogen-bond acceptors (Lipinski definition) is 4. The number of nitrogens with zero attached hydrogens (tertiary/aromatic N) is 1. The zero-order valence-corrected chi connectivity index (χ0v) is 12.6. The zero-order valence-electron chi connectivity index (χ0n) is 11.1. The average molecular weight is 352 g/mol. The number of alkyl halides is 3. The van der Waals surface area contributed by atoms with E-state index in [1.165, 1.54) is 12.1 Å². The van der Waals surface area contributed by atoms with E-state index in [2.05, 4.69) is 9.17 Å². The van der Waals surface area contributed by atoms with Gasteiger partial charge >= 0.3 is 16.3 Å². The van der Waals surface area contributed by atoms with Crippen molar-refractivity contribution in [2.75, 3.05) is 0 Å². The summed E-state index contributed by atoms with van der Waals surface area (Å²) >= 11 is 5.60. The van der Waals surface area contributed by atoms with E-state index in [4.69, 9.17) is 11.6 Å². The molecule has 0 spiro atoms. The van der Waals surface area contributed by atoms with E-state index in [0.29, 0.717) is 12.3 Å². The van der Waals surface area contributed by atoms with E-state index in [9.17, 15) is 21.6 Å². The van der Waals surface area contributed by atoms with Crippen molar-refractivity contribution >= 4 is 21.7 Å². The van der Waals surface area contributed by atoms with E-state index < -0.39 is 32.8 Å². The fourth-order valence-electron chi connectivity index (χ4n) is 1.50. The van der Waals surface area contributed by atoms with Crippen LogP contribution in [0.15, 0.2) is 41.4 Å². The molecule has 0 aliphatic heterocycles. The molecule has 9 heteroatoms. The molecule has 0 amide bonds. The molecule has 1 aromatic carbocycles. The number of aryl methyl sites for hydroxylation is 1. The maximum absolute atomic E-state index is 12.5. The normalized spacial score (nSPS) is 12.2. The lowest BCUT2D eigenvalue weighted by Crippen LogP contribution is -2.12. The third-order valence-corrected chi connectivity index (χ3v) is 4.13. The topological polar surface area (TPSA) is 56.3 Å². The summed E-state index contributed by atoms with van der Waals surface area (Å²) in [5.74, 6) is -0.616. The second-order valence-electron chi connectivity index (χ2n) is 4.36. The Morgan fingerprint density at radius 3 is 2.27 bits per heavy atom. The van der Waals surface area contributed by atoms with Crippen LogP contribution in [-0.4, -0.2) is 13.4 Å². The quantitative estimate of drug-likeness (QED) is 0.789. The van der Waals surface area contributed by atoms with Crippen LogP contribution >= 0.6 is 11.6 Å². The molecule has 1 heterocycles. The summed E-state index contributed by atoms with van der Waals surface area (Å²) in [4.78, 5) is 3.16. The van der Waals surface area contributed by atoms with Gasteiger partial charge in [0.1, 0.15) is 9.92 Å². The van der Waals surface area contributed by atoms with Crippen LogP contribution in [0.2, 0.25) is 5.02 Å². The van der Waals surface area contributed by atoms with Crippen molar-refractivity contribution in [1.82, 2.24) is 4.98 Å². The van der Waals surface area contributed by atoms with Gasteiger partial charge in [-0.2, -0.15) is 21.6 Å². The van der Waals surface area contributed by atoms with Gasteiger partial charge in [0.25, 0.3) is 5.88 Å². The fraction of sp³-hybridized carbons (Fsp3) is 0.154. The summed E-state index contributed by atoms with van der Waals surface area (Å²) < 4.78 is 66.1. The zero-order chi connectivity index (χ0) is 16.5. The van der Waals surface area contributed by atoms with Gasteiger partial charge in [-0.3, -0.25) is 0 Å². The smallest absolute Gasteiger partial charge is 0.357 e. The molecule has 2 rings (SSSR count). The van der Waals surface area contributed by atoms with Gasteiger partial charge in [0, 0.05) is 6.20 Å². The van der Waals surface area contributed by atoms with Crippen molar-refractivity contribution in [2.24, 2.45) is 0 Å². The number of aromatic nitrogens is 1. The van der Waals surface area contributed by atoms with Crippen LogP contribution < -0.4 is 4.18 Å². The predicted octanol–water partition coefficient (Wildman–Crippen LogP) is 3.83. The van der Waals surface area contributed by atoms with Crippen LogP contribution in [-0.2, 0) is 16.3 Å². The van der Waals surface area contributed by atoms with Gasteiger partial charge in [-0.15, -0.1) is 0 Å². The van der Waals surface area contributed by atoms with Crippen LogP contribution in [0.25, 0.3) is 0 Å². The first-order valence-electron chi connectivity index (χ1n) is 5.83. The first kappa shape index (κ1) is 16.6. The molecule has 0 saturated heterocycles. The van der Waals surface area contributed by atoms with Gasteiger partial charge in [0.15, 0.2) is 0 Å². The van der Waals surface area contributed by atoms with Crippen molar-refractivity contribution in [1.29, 1.82) is 0 Å². The third kappa shape index (κ3) is 3.69. The summed E-state index contributed by atoms with van der Waals surface area (Å²) in [5.41, 5.74) is -0.262. The Morgan fingerprint density at radius 2 is 1.77 bits per heavy atom. The summed E-state index contributed by atoms with van der Waals surface area (Å²) in [6.07, 6.45) is -4.18. The van der Waals surface area contributed by atoms with Gasteiger partial charge < -0.3 is 4.18 Å². The third-order valence-electron chi connectivity index (χ3n) is 2.63. The molecule has 2 aromatic rings. The second-order valence-corrected chi connectivity index (χ2v) is 6.31. The highest BCUT2D eigenvalue weighted by molar-refractivity contribution is 7.87. The van der Waals surface area contributed by atoms with Gasteiger partial charge in [-0.05, 0) is 25.1 Å². The van der Waals surface area contributed by atoms with Crippen LogP contribution in [0.1, 0.15) is 11.1 Å². The monoisotopic (exact) mass is 351 g/mol. The number of rotatable bonds is 3. The van der Waals surface area contributed by atoms with Gasteiger partial charge in [-0.1, -0.05) is 29.3 Å². The van der Waals surface area contributed by atoms with E-state index in [-0.39, 0.29) is 4.90 Å². The molecule has 0 aliphatic carbocycles. The van der Waals surface area contributed by atoms with Gasteiger partial charge in [-0.25, -0.2) is 4.98 Å². The Kier molecular flexibility index (Phi) is 4.35. The molecule has 0 radical (unpaired) electrons. The summed E-state index contributed by atoms with van der Waals surface area (Å²) in [6.45, 7) is 1.77. The largest absolute Gasteiger partial charge is 0.417 e. The number of hydrogen-bond donors (Lipinski definition) is 0. The van der Waals surface area contributed by atoms with Crippen LogP contribution in [0, 0.1) is 6.92 Å². The fourth-order valence-corrected chi connectivity index (χ4v) is 2.66. The molecule has 22 heavy (non-hydrogen) atoms. The van der Waals surface area contributed by atoms with Crippen molar-refractivity contribution in [3.05, 3.63) is 52.7 Å². The van der Waals surface area contributed by atoms with E-state index in [1.807, 2.05) is 0 Å². The molecular formula is C13H9ClF3NO3S. The average Bonchev–Trinajstić information content (AvgIpc) is 2.40. The van der Waals surface area contributed by atoms with E-state index in [1.54, 1.807) is 19.1 Å². The molecule has 0 unspecified atom stereocenters. The first-order chi connectivity index (χ1) is 10.1. The molecule has 0 atom stereocenters. The number of pyridine rings is 1. The van der Waals surface area contributed by atoms with Crippen LogP contribution in [0.5, 0.6) is 5.88 Å². The summed E-state index contributed by atoms with van der Waals surface area (Å²) in [5, 5.41) is -0.550. The predicted molar refractivity (Wildman–Crippen MR) is 73.2 cm³/mol. The maximum Gasteiger partial charge on any atom is 0.417 e. The number of halogens is 4. The van der Waals surface area contributed by atoms with Crippen LogP contribution in [0.3, 0.4) is 0 Å². The standard InChI is InChI=1S/C13H9ClF3NO3S/c1-8-2-4-10(5-3-8)22(19,20)21-12-11(14)6-9(7-18-12)13(15,16)17/h2-7H,1H3. The molecule has 4 nitrogen and oxygen atoms in total. The lowest BCUT2D eigenvalue weighted by molar-refractivity contribution is -0.137. The molecule has 0 bridgehead atoms. The van der Waals surface area contributed by atoms with E-state index >= 15 is 0 Å². The molecule has 0 fully saturated rings. The minimum Gasteiger partial charge on any atom is -0.357 e. The van der Waals surface area contributed by atoms with Gasteiger partial charge in [0.2, 0.25) is 0 Å². The summed E-state index contributed by atoms with van der Waals surface area (Å²) in [7, 11) is -4.23. The van der Waals surface area contributed by atoms with Crippen LogP contribution in [0.4, 0.5) is 13.2 Å². The Bertz CT molecular complexity index is 789. The molecular weight excluding hydrogens is 343 g/mol. The molecule has 118 valence electrons. The molecule has 0 N–H and O–H groups in total. The molecule has 0 saturated carbocycles. The minimum atomic E-state index is -4.63. The lowest BCUT2D eigenvalue weighted by Gasteiger charge is -2.10. The highest BCUT2D eigenvalue weighted by Crippen LogP contribution is 2.33. The lowest BCUT2D eigenvalue weighted by atomic mass is 10.2. The van der Waals surface area contributed by atoms with Gasteiger partial charge in [0.05, 0.1) is 5.56 Å². The number of benzene rings is 1.